The van der Waals surface area contributed by atoms with Gasteiger partial charge in [0.2, 0.25) is 0 Å². The maximum absolute atomic E-state index is 2.32. The molecule has 0 aromatic rings. The van der Waals surface area contributed by atoms with Gasteiger partial charge in [-0.05, 0) is 38.5 Å². The van der Waals surface area contributed by atoms with Crippen LogP contribution in [-0.2, 0) is 0 Å². The van der Waals surface area contributed by atoms with E-state index in [4.69, 9.17) is 0 Å². The second-order valence-electron chi connectivity index (χ2n) is 10.4. The molecular weight excluding hydrogens is 391 g/mol. The lowest BCUT2D eigenvalue weighted by Gasteiger charge is -2.11. The van der Waals surface area contributed by atoms with Gasteiger partial charge in [-0.1, -0.05) is 136 Å². The fourth-order valence-electron chi connectivity index (χ4n) is 4.90. The third-order valence-corrected chi connectivity index (χ3v) is 10.3. The van der Waals surface area contributed by atoms with Gasteiger partial charge in [0, 0.05) is 7.92 Å². The van der Waals surface area contributed by atoms with Crippen molar-refractivity contribution in [1.29, 1.82) is 0 Å². The highest BCUT2D eigenvalue weighted by Crippen LogP contribution is 2.39. The van der Waals surface area contributed by atoms with E-state index in [2.05, 4.69) is 20.8 Å². The maximum Gasteiger partial charge on any atom is 0.0571 e. The second kappa shape index (κ2) is 28.5. The van der Waals surface area contributed by atoms with Crippen LogP contribution in [0.5, 0.6) is 0 Å². The SMILES string of the molecule is CCCCCCCCCC[PH+](CCCCCCCCCC)CCCCCCCCCC. The molecule has 0 saturated carbocycles. The molecule has 0 rings (SSSR count). The summed E-state index contributed by atoms with van der Waals surface area (Å²) in [5, 5.41) is 0. The van der Waals surface area contributed by atoms with Crippen LogP contribution in [0.2, 0.25) is 0 Å². The van der Waals surface area contributed by atoms with E-state index in [-0.39, 0.29) is 7.92 Å². The third-order valence-electron chi connectivity index (χ3n) is 7.15. The summed E-state index contributed by atoms with van der Waals surface area (Å²) >= 11 is 0. The van der Waals surface area contributed by atoms with Crippen LogP contribution in [0.3, 0.4) is 0 Å². The van der Waals surface area contributed by atoms with Crippen LogP contribution in [0.25, 0.3) is 0 Å². The van der Waals surface area contributed by atoms with Crippen molar-refractivity contribution in [1.82, 2.24) is 0 Å². The van der Waals surface area contributed by atoms with E-state index in [0.29, 0.717) is 0 Å². The predicted octanol–water partition coefficient (Wildman–Crippen LogP) is 11.6. The van der Waals surface area contributed by atoms with E-state index in [9.17, 15) is 0 Å². The minimum absolute atomic E-state index is 0.0475. The Morgan fingerprint density at radius 1 is 0.258 bits per heavy atom. The van der Waals surface area contributed by atoms with Crippen molar-refractivity contribution >= 4 is 7.92 Å². The molecule has 31 heavy (non-hydrogen) atoms. The predicted molar refractivity (Wildman–Crippen MR) is 151 cm³/mol. The Balaban J connectivity index is 3.82. The normalized spacial score (nSPS) is 11.6. The summed E-state index contributed by atoms with van der Waals surface area (Å²) in [5.74, 6) is 0. The highest BCUT2D eigenvalue weighted by Gasteiger charge is 2.14. The number of rotatable bonds is 27. The van der Waals surface area contributed by atoms with Crippen molar-refractivity contribution < 1.29 is 0 Å². The van der Waals surface area contributed by atoms with Gasteiger partial charge in [-0.25, -0.2) is 0 Å². The molecule has 0 fully saturated rings. The second-order valence-corrected chi connectivity index (χ2v) is 13.4. The zero-order valence-electron chi connectivity index (χ0n) is 22.6. The van der Waals surface area contributed by atoms with Gasteiger partial charge in [-0.3, -0.25) is 0 Å². The largest absolute Gasteiger partial charge is 0.0654 e. The van der Waals surface area contributed by atoms with E-state index in [1.54, 1.807) is 37.7 Å². The summed E-state index contributed by atoms with van der Waals surface area (Å²) in [5.41, 5.74) is 0. The molecule has 0 radical (unpaired) electrons. The van der Waals surface area contributed by atoms with Crippen molar-refractivity contribution in [2.75, 3.05) is 18.5 Å². The molecule has 0 spiro atoms. The van der Waals surface area contributed by atoms with Gasteiger partial charge < -0.3 is 0 Å². The quantitative estimate of drug-likeness (QED) is 0.0853. The average Bonchev–Trinajstić information content (AvgIpc) is 2.78. The Bertz CT molecular complexity index is 253. The number of hydrogen-bond acceptors (Lipinski definition) is 0. The minimum atomic E-state index is -0.0475. The van der Waals surface area contributed by atoms with Gasteiger partial charge in [0.05, 0.1) is 18.5 Å². The molecule has 0 aromatic carbocycles. The van der Waals surface area contributed by atoms with Gasteiger partial charge in [-0.2, -0.15) is 0 Å². The van der Waals surface area contributed by atoms with Gasteiger partial charge in [0.15, 0.2) is 0 Å². The Morgan fingerprint density at radius 2 is 0.452 bits per heavy atom. The lowest BCUT2D eigenvalue weighted by Crippen LogP contribution is -1.97. The van der Waals surface area contributed by atoms with E-state index in [1.807, 2.05) is 0 Å². The van der Waals surface area contributed by atoms with Crippen molar-refractivity contribution in [3.05, 3.63) is 0 Å². The molecule has 0 heterocycles. The average molecular weight is 456 g/mol. The third kappa shape index (κ3) is 26.6. The van der Waals surface area contributed by atoms with Crippen LogP contribution in [0, 0.1) is 0 Å². The van der Waals surface area contributed by atoms with Crippen LogP contribution >= 0.6 is 7.92 Å². The lowest BCUT2D eigenvalue weighted by atomic mass is 10.1. The smallest absolute Gasteiger partial charge is 0.0571 e. The van der Waals surface area contributed by atoms with Gasteiger partial charge in [0.1, 0.15) is 0 Å². The van der Waals surface area contributed by atoms with E-state index < -0.39 is 0 Å². The summed E-state index contributed by atoms with van der Waals surface area (Å²) in [6.07, 6.45) is 40.5. The van der Waals surface area contributed by atoms with Crippen LogP contribution in [-0.4, -0.2) is 18.5 Å². The fraction of sp³-hybridized carbons (Fsp3) is 1.00. The first-order valence-electron chi connectivity index (χ1n) is 15.2. The Morgan fingerprint density at radius 3 is 0.677 bits per heavy atom. The van der Waals surface area contributed by atoms with Crippen molar-refractivity contribution in [2.24, 2.45) is 0 Å². The molecule has 0 aliphatic carbocycles. The molecule has 0 aromatic heterocycles. The maximum atomic E-state index is 2.32. The lowest BCUT2D eigenvalue weighted by molar-refractivity contribution is 0.581. The van der Waals surface area contributed by atoms with Gasteiger partial charge in [0.25, 0.3) is 0 Å². The van der Waals surface area contributed by atoms with Crippen molar-refractivity contribution in [2.45, 2.75) is 175 Å². The highest BCUT2D eigenvalue weighted by atomic mass is 31.1. The van der Waals surface area contributed by atoms with Crippen molar-refractivity contribution in [3.8, 4) is 0 Å². The van der Waals surface area contributed by atoms with E-state index >= 15 is 0 Å². The first-order chi connectivity index (χ1) is 15.3. The first-order valence-corrected chi connectivity index (χ1v) is 17.3. The molecular formula is C30H64P+. The fourth-order valence-corrected chi connectivity index (χ4v) is 7.90. The molecule has 0 atom stereocenters. The molecule has 0 nitrogen and oxygen atoms in total. The highest BCUT2D eigenvalue weighted by molar-refractivity contribution is 7.57. The van der Waals surface area contributed by atoms with E-state index in [1.165, 1.54) is 135 Å². The molecule has 0 amide bonds. The van der Waals surface area contributed by atoms with Gasteiger partial charge in [-0.15, -0.1) is 0 Å². The molecule has 0 saturated heterocycles. The van der Waals surface area contributed by atoms with Crippen molar-refractivity contribution in [3.63, 3.8) is 0 Å². The molecule has 0 N–H and O–H groups in total. The Labute approximate surface area is 201 Å². The molecule has 0 unspecified atom stereocenters. The molecule has 0 aliphatic heterocycles. The molecule has 0 aliphatic rings. The monoisotopic (exact) mass is 455 g/mol. The Kier molecular flexibility index (Phi) is 28.9. The summed E-state index contributed by atoms with van der Waals surface area (Å²) < 4.78 is 0. The molecule has 0 bridgehead atoms. The Hall–Kier alpha value is 0.430. The van der Waals surface area contributed by atoms with Crippen LogP contribution in [0.1, 0.15) is 175 Å². The van der Waals surface area contributed by atoms with E-state index in [0.717, 1.165) is 0 Å². The standard InChI is InChI=1S/C30H63P/c1-4-7-10-13-16-19-22-25-28-31(29-26-23-20-17-14-11-8-5-2)30-27-24-21-18-15-12-9-6-3/h4-30H2,1-3H3/p+1. The zero-order chi connectivity index (χ0) is 22.7. The minimum Gasteiger partial charge on any atom is -0.0654 e. The number of hydrogen-bond donors (Lipinski definition) is 0. The number of unbranched alkanes of at least 4 members (excludes halogenated alkanes) is 21. The van der Waals surface area contributed by atoms with Crippen LogP contribution in [0.4, 0.5) is 0 Å². The van der Waals surface area contributed by atoms with Crippen LogP contribution < -0.4 is 0 Å². The zero-order valence-corrected chi connectivity index (χ0v) is 23.6. The molecule has 188 valence electrons. The van der Waals surface area contributed by atoms with Crippen LogP contribution in [0.15, 0.2) is 0 Å². The topological polar surface area (TPSA) is 0 Å². The summed E-state index contributed by atoms with van der Waals surface area (Å²) in [6, 6.07) is 0. The summed E-state index contributed by atoms with van der Waals surface area (Å²) in [6.45, 7) is 6.97. The first kappa shape index (κ1) is 31.4. The summed E-state index contributed by atoms with van der Waals surface area (Å²) in [4.78, 5) is 0. The molecule has 1 heteroatoms. The summed E-state index contributed by atoms with van der Waals surface area (Å²) in [7, 11) is -0.0475. The van der Waals surface area contributed by atoms with Gasteiger partial charge >= 0.3 is 0 Å².